The van der Waals surface area contributed by atoms with Gasteiger partial charge in [0.1, 0.15) is 11.6 Å². The number of aryl methyl sites for hydroxylation is 2. The SMILES string of the molecule is CCCCOc1ccc(C(=O)Nc2cc(C)cc(C)n2)cc1. The number of benzene rings is 1. The lowest BCUT2D eigenvalue weighted by atomic mass is 10.2. The Kier molecular flexibility index (Phi) is 5.53. The molecule has 0 saturated heterocycles. The van der Waals surface area contributed by atoms with Crippen LogP contribution in [-0.2, 0) is 0 Å². The van der Waals surface area contributed by atoms with Crippen molar-refractivity contribution in [2.24, 2.45) is 0 Å². The standard InChI is InChI=1S/C18H22N2O2/c1-4-5-10-22-16-8-6-15(7-9-16)18(21)20-17-12-13(2)11-14(3)19-17/h6-9,11-12H,4-5,10H2,1-3H3,(H,19,20,21). The third kappa shape index (κ3) is 4.58. The van der Waals surface area contributed by atoms with Crippen LogP contribution in [-0.4, -0.2) is 17.5 Å². The maximum atomic E-state index is 12.2. The van der Waals surface area contributed by atoms with E-state index in [0.717, 1.165) is 29.8 Å². The number of nitrogens with one attached hydrogen (secondary N) is 1. The molecule has 1 aromatic carbocycles. The van der Waals surface area contributed by atoms with Gasteiger partial charge >= 0.3 is 0 Å². The summed E-state index contributed by atoms with van der Waals surface area (Å²) >= 11 is 0. The van der Waals surface area contributed by atoms with E-state index in [0.29, 0.717) is 18.0 Å². The molecule has 0 bridgehead atoms. The number of pyridine rings is 1. The van der Waals surface area contributed by atoms with E-state index >= 15 is 0 Å². The number of hydrogen-bond donors (Lipinski definition) is 1. The van der Waals surface area contributed by atoms with Gasteiger partial charge in [-0.2, -0.15) is 0 Å². The Bertz CT molecular complexity index is 616. The van der Waals surface area contributed by atoms with Crippen LogP contribution in [0.4, 0.5) is 5.82 Å². The van der Waals surface area contributed by atoms with Crippen LogP contribution in [0.2, 0.25) is 0 Å². The molecule has 4 nitrogen and oxygen atoms in total. The Labute approximate surface area is 131 Å². The summed E-state index contributed by atoms with van der Waals surface area (Å²) in [6, 6.07) is 11.0. The molecule has 1 amide bonds. The van der Waals surface area contributed by atoms with Crippen LogP contribution in [0, 0.1) is 13.8 Å². The molecule has 0 aliphatic carbocycles. The third-order valence-electron chi connectivity index (χ3n) is 3.22. The number of anilines is 1. The fraction of sp³-hybridized carbons (Fsp3) is 0.333. The molecule has 2 rings (SSSR count). The molecule has 1 aromatic heterocycles. The van der Waals surface area contributed by atoms with E-state index < -0.39 is 0 Å². The normalized spacial score (nSPS) is 10.3. The number of carbonyl (C=O) groups is 1. The molecular formula is C18H22N2O2. The van der Waals surface area contributed by atoms with Gasteiger partial charge in [-0.25, -0.2) is 4.98 Å². The summed E-state index contributed by atoms with van der Waals surface area (Å²) in [5.74, 6) is 1.19. The number of carbonyl (C=O) groups excluding carboxylic acids is 1. The molecule has 1 heterocycles. The zero-order valence-corrected chi connectivity index (χ0v) is 13.3. The molecule has 0 aliphatic rings. The quantitative estimate of drug-likeness (QED) is 0.816. The van der Waals surface area contributed by atoms with Crippen molar-refractivity contribution in [1.29, 1.82) is 0 Å². The summed E-state index contributed by atoms with van der Waals surface area (Å²) in [4.78, 5) is 16.5. The molecule has 0 saturated carbocycles. The maximum Gasteiger partial charge on any atom is 0.256 e. The molecule has 2 aromatic rings. The highest BCUT2D eigenvalue weighted by atomic mass is 16.5. The predicted molar refractivity (Wildman–Crippen MR) is 88.5 cm³/mol. The van der Waals surface area contributed by atoms with Gasteiger partial charge in [0.2, 0.25) is 0 Å². The number of aromatic nitrogens is 1. The lowest BCUT2D eigenvalue weighted by Gasteiger charge is -2.08. The summed E-state index contributed by atoms with van der Waals surface area (Å²) in [5.41, 5.74) is 2.54. The highest BCUT2D eigenvalue weighted by Crippen LogP contribution is 2.15. The number of nitrogens with zero attached hydrogens (tertiary/aromatic N) is 1. The summed E-state index contributed by atoms with van der Waals surface area (Å²) in [5, 5.41) is 2.82. The second-order valence-electron chi connectivity index (χ2n) is 5.35. The fourth-order valence-electron chi connectivity index (χ4n) is 2.13. The molecular weight excluding hydrogens is 276 g/mol. The van der Waals surface area contributed by atoms with Gasteiger partial charge in [0.05, 0.1) is 6.61 Å². The summed E-state index contributed by atoms with van der Waals surface area (Å²) in [7, 11) is 0. The molecule has 116 valence electrons. The van der Waals surface area contributed by atoms with Gasteiger partial charge < -0.3 is 10.1 Å². The minimum atomic E-state index is -0.169. The van der Waals surface area contributed by atoms with Crippen LogP contribution in [0.5, 0.6) is 5.75 Å². The topological polar surface area (TPSA) is 51.2 Å². The second kappa shape index (κ2) is 7.59. The molecule has 0 aliphatic heterocycles. The van der Waals surface area contributed by atoms with Crippen molar-refractivity contribution in [2.45, 2.75) is 33.6 Å². The molecule has 4 heteroatoms. The van der Waals surface area contributed by atoms with Crippen molar-refractivity contribution in [2.75, 3.05) is 11.9 Å². The van der Waals surface area contributed by atoms with Gasteiger partial charge in [0.25, 0.3) is 5.91 Å². The highest BCUT2D eigenvalue weighted by molar-refractivity contribution is 6.03. The zero-order chi connectivity index (χ0) is 15.9. The van der Waals surface area contributed by atoms with E-state index in [4.69, 9.17) is 4.74 Å². The number of hydrogen-bond acceptors (Lipinski definition) is 3. The van der Waals surface area contributed by atoms with E-state index in [1.165, 1.54) is 0 Å². The van der Waals surface area contributed by atoms with Crippen LogP contribution in [0.3, 0.4) is 0 Å². The number of rotatable bonds is 6. The zero-order valence-electron chi connectivity index (χ0n) is 13.3. The van der Waals surface area contributed by atoms with E-state index in [9.17, 15) is 4.79 Å². The van der Waals surface area contributed by atoms with E-state index in [1.807, 2.05) is 38.1 Å². The van der Waals surface area contributed by atoms with Crippen LogP contribution in [0.25, 0.3) is 0 Å². The molecule has 22 heavy (non-hydrogen) atoms. The lowest BCUT2D eigenvalue weighted by molar-refractivity contribution is 0.102. The Morgan fingerprint density at radius 1 is 1.18 bits per heavy atom. The van der Waals surface area contributed by atoms with Crippen LogP contribution in [0.1, 0.15) is 41.4 Å². The van der Waals surface area contributed by atoms with Gasteiger partial charge in [0.15, 0.2) is 0 Å². The van der Waals surface area contributed by atoms with E-state index in [1.54, 1.807) is 12.1 Å². The van der Waals surface area contributed by atoms with Crippen molar-refractivity contribution >= 4 is 11.7 Å². The number of unbranched alkanes of at least 4 members (excludes halogenated alkanes) is 1. The van der Waals surface area contributed by atoms with Crippen molar-refractivity contribution in [1.82, 2.24) is 4.98 Å². The minimum absolute atomic E-state index is 0.169. The van der Waals surface area contributed by atoms with Crippen LogP contribution in [0.15, 0.2) is 36.4 Å². The predicted octanol–water partition coefficient (Wildman–Crippen LogP) is 4.13. The Hall–Kier alpha value is -2.36. The van der Waals surface area contributed by atoms with Gasteiger partial charge in [-0.1, -0.05) is 13.3 Å². The maximum absolute atomic E-state index is 12.2. The van der Waals surface area contributed by atoms with E-state index in [-0.39, 0.29) is 5.91 Å². The monoisotopic (exact) mass is 298 g/mol. The Balaban J connectivity index is 2.00. The van der Waals surface area contributed by atoms with Gasteiger partial charge in [-0.15, -0.1) is 0 Å². The van der Waals surface area contributed by atoms with Crippen LogP contribution < -0.4 is 10.1 Å². The van der Waals surface area contributed by atoms with Crippen LogP contribution >= 0.6 is 0 Å². The smallest absolute Gasteiger partial charge is 0.256 e. The first kappa shape index (κ1) is 16.0. The molecule has 0 spiro atoms. The average Bonchev–Trinajstić information content (AvgIpc) is 2.47. The summed E-state index contributed by atoms with van der Waals surface area (Å²) in [6.07, 6.45) is 2.13. The fourth-order valence-corrected chi connectivity index (χ4v) is 2.13. The third-order valence-corrected chi connectivity index (χ3v) is 3.22. The first-order chi connectivity index (χ1) is 10.6. The van der Waals surface area contributed by atoms with Crippen molar-refractivity contribution < 1.29 is 9.53 Å². The minimum Gasteiger partial charge on any atom is -0.494 e. The van der Waals surface area contributed by atoms with Gasteiger partial charge in [-0.05, 0) is 62.2 Å². The molecule has 0 unspecified atom stereocenters. The van der Waals surface area contributed by atoms with Crippen molar-refractivity contribution in [3.05, 3.63) is 53.2 Å². The second-order valence-corrected chi connectivity index (χ2v) is 5.35. The largest absolute Gasteiger partial charge is 0.494 e. The van der Waals surface area contributed by atoms with Crippen molar-refractivity contribution in [3.63, 3.8) is 0 Å². The highest BCUT2D eigenvalue weighted by Gasteiger charge is 2.07. The number of ether oxygens (including phenoxy) is 1. The van der Waals surface area contributed by atoms with Gasteiger partial charge in [-0.3, -0.25) is 4.79 Å². The molecule has 0 fully saturated rings. The molecule has 0 atom stereocenters. The molecule has 1 N–H and O–H groups in total. The van der Waals surface area contributed by atoms with E-state index in [2.05, 4.69) is 17.2 Å². The summed E-state index contributed by atoms with van der Waals surface area (Å²) in [6.45, 7) is 6.71. The number of amides is 1. The molecule has 0 radical (unpaired) electrons. The lowest BCUT2D eigenvalue weighted by Crippen LogP contribution is -2.13. The summed E-state index contributed by atoms with van der Waals surface area (Å²) < 4.78 is 5.59. The van der Waals surface area contributed by atoms with Gasteiger partial charge in [0, 0.05) is 11.3 Å². The average molecular weight is 298 g/mol. The Morgan fingerprint density at radius 2 is 1.91 bits per heavy atom. The first-order valence-corrected chi connectivity index (χ1v) is 7.58. The van der Waals surface area contributed by atoms with Crippen molar-refractivity contribution in [3.8, 4) is 5.75 Å². The Morgan fingerprint density at radius 3 is 2.55 bits per heavy atom. The first-order valence-electron chi connectivity index (χ1n) is 7.58.